The lowest BCUT2D eigenvalue weighted by atomic mass is 9.95. The molecule has 804 valence electrons. The second-order valence-corrected chi connectivity index (χ2v) is 38.5. The molecule has 0 saturated carbocycles. The van der Waals surface area contributed by atoms with Gasteiger partial charge in [-0.2, -0.15) is 0 Å². The Morgan fingerprint density at radius 1 is 0.476 bits per heavy atom. The molecule has 1 aliphatic rings. The van der Waals surface area contributed by atoms with Gasteiger partial charge in [-0.1, -0.05) is 54.5 Å². The van der Waals surface area contributed by atoms with Crippen molar-refractivity contribution in [2.24, 2.45) is 27.1 Å². The Morgan fingerprint density at radius 3 is 1.31 bits per heavy atom. The van der Waals surface area contributed by atoms with Crippen LogP contribution in [0.15, 0.2) is 87.6 Å². The number of aliphatic imine (C=N–C) groups is 1. The number of carboxylic acids is 4. The van der Waals surface area contributed by atoms with Crippen molar-refractivity contribution in [1.29, 1.82) is 0 Å². The normalized spacial score (nSPS) is 13.8. The molecule has 56 heteroatoms. The number of phenolic OH excluding ortho intramolecular Hbond substituents is 1. The van der Waals surface area contributed by atoms with Gasteiger partial charge in [0.05, 0.1) is 207 Å². The number of benzene rings is 3. The summed E-state index contributed by atoms with van der Waals surface area (Å²) in [5.41, 5.74) is 5.60. The molecule has 1 heterocycles. The van der Waals surface area contributed by atoms with Crippen LogP contribution in [0, 0.1) is 11.8 Å². The smallest absolute Gasteiger partial charge is 0.426 e. The third kappa shape index (κ3) is 61.0. The molecule has 143 heavy (non-hydrogen) atoms. The van der Waals surface area contributed by atoms with E-state index in [-0.39, 0.29) is 163 Å². The fraction of sp³-hybridized carbons (Fsp3) is 0.621. The number of aliphatic carboxylic acids is 4. The van der Waals surface area contributed by atoms with Gasteiger partial charge in [0.25, 0.3) is 0 Å². The summed E-state index contributed by atoms with van der Waals surface area (Å²) in [6, 6.07) is 9.50. The van der Waals surface area contributed by atoms with Crippen molar-refractivity contribution in [2.75, 3.05) is 239 Å². The summed E-state index contributed by atoms with van der Waals surface area (Å²) < 4.78 is 123. The maximum Gasteiger partial charge on any atom is 0.426 e. The van der Waals surface area contributed by atoms with Crippen LogP contribution in [0.5, 0.6) is 5.75 Å². The SMILES string of the molecule is CC(=O)O[C@H](CCC(C)C)C1=NC(C(=O)N[C@@H](Cc2ccc(O)cc2)C[C@H](C)C(=O)NNC(=O)OCCSSC[C@H](NC(=O)[C@H](CC(=O)O)NC(=O)[C@H](CC(=O)O)NC(=O)CCOCCOCCOCCOCCOCCOCCOCCOCCOCCOCCOCCOCCNC(=O)CN(CCN(CC(=O)O)CC(=O)Nc2ccc(S(N)(=O)=O)cc2)CC(=O)Nc2ccc(S(N)(=O)=O)cc2)C(=O)O)CS1. The number of carbonyl (C=O) groups excluding carboxylic acids is 10. The molecule has 0 saturated heterocycles. The highest BCUT2D eigenvalue weighted by Gasteiger charge is 2.36. The number of hydrogen-bond donors (Lipinski definition) is 16. The van der Waals surface area contributed by atoms with E-state index < -0.39 is 171 Å². The van der Waals surface area contributed by atoms with Crippen molar-refractivity contribution in [3.8, 4) is 5.75 Å². The Labute approximate surface area is 840 Å². The van der Waals surface area contributed by atoms with Gasteiger partial charge in [-0.3, -0.25) is 77.8 Å². The number of nitrogens with zero attached hydrogens (tertiary/aromatic N) is 3. The van der Waals surface area contributed by atoms with Gasteiger partial charge < -0.3 is 129 Å². The summed E-state index contributed by atoms with van der Waals surface area (Å²) in [4.78, 5) is 184. The standard InChI is InChI=1S/C87H134N14O37S5/c1-59(2)5-18-73(138-61(4)102)85-97-71(57-139-85)84(117)93-65(50-62-6-12-66(103)13-7-62)49-60(3)81(114)98-99-87(120)137-47-48-140-141-58-72(86(118)119)96-83(116)70(52-79(110)111)95-82(115)69(51-78(108)109)94-74(104)19-23-125-25-27-127-29-31-129-33-35-131-37-39-133-41-43-135-45-46-136-44-42-134-40-38-132-36-34-130-32-30-128-28-26-126-24-20-90-75(105)53-100(54-76(106)91-63-8-14-67(15-9-63)142(88,121)122)21-22-101(56-80(112)113)55-77(107)92-64-10-16-68(17-11-64)143(89,123)124/h6-17,59-60,65,69-73,103H,5,18-58H2,1-4H3,(H,90,105)(H,91,106)(H,92,107)(H,93,117)(H,94,104)(H,95,115)(H,96,116)(H,98,114)(H,99,120)(H,108,109)(H,110,111)(H,112,113)(H,118,119)(H2,88,121,122)(H2,89,123,124)/t60-,65+,69-,70-,71?,72-,73+/m0/s1. The summed E-state index contributed by atoms with van der Waals surface area (Å²) in [6.07, 6.45) is -2.39. The largest absolute Gasteiger partial charge is 0.508 e. The van der Waals surface area contributed by atoms with E-state index in [4.69, 9.17) is 76.6 Å². The topological polar surface area (TPSA) is 717 Å². The zero-order valence-electron chi connectivity index (χ0n) is 80.1. The van der Waals surface area contributed by atoms with E-state index >= 15 is 0 Å². The number of hydrogen-bond acceptors (Lipinski definition) is 39. The number of amides is 9. The van der Waals surface area contributed by atoms with Crippen LogP contribution in [0.2, 0.25) is 0 Å². The van der Waals surface area contributed by atoms with Crippen molar-refractivity contribution >= 4 is 153 Å². The molecule has 0 fully saturated rings. The molecule has 0 aliphatic carbocycles. The van der Waals surface area contributed by atoms with Crippen LogP contribution in [-0.2, 0) is 155 Å². The number of rotatable bonds is 82. The molecule has 0 radical (unpaired) electrons. The van der Waals surface area contributed by atoms with Gasteiger partial charge in [0.15, 0.2) is 0 Å². The Kier molecular flexibility index (Phi) is 63.8. The predicted molar refractivity (Wildman–Crippen MR) is 517 cm³/mol. The van der Waals surface area contributed by atoms with Crippen LogP contribution in [-0.4, -0.2) is 405 Å². The molecule has 3 aromatic carbocycles. The lowest BCUT2D eigenvalue weighted by molar-refractivity contribution is -0.144. The second kappa shape index (κ2) is 73.0. The monoisotopic (exact) mass is 2130 g/mol. The number of anilines is 2. The molecule has 1 aliphatic heterocycles. The number of esters is 1. The Bertz CT molecular complexity index is 4640. The first kappa shape index (κ1) is 125. The van der Waals surface area contributed by atoms with Gasteiger partial charge in [0.2, 0.25) is 67.3 Å². The zero-order valence-corrected chi connectivity index (χ0v) is 84.2. The summed E-state index contributed by atoms with van der Waals surface area (Å²) in [5, 5.41) is 76.6. The van der Waals surface area contributed by atoms with E-state index in [1.54, 1.807) is 19.1 Å². The number of sulfonamides is 2. The number of hydrazine groups is 1. The Morgan fingerprint density at radius 2 is 0.895 bits per heavy atom. The zero-order chi connectivity index (χ0) is 105. The fourth-order valence-electron chi connectivity index (χ4n) is 12.3. The van der Waals surface area contributed by atoms with Crippen LogP contribution >= 0.6 is 33.3 Å². The second-order valence-electron chi connectivity index (χ2n) is 31.7. The van der Waals surface area contributed by atoms with Gasteiger partial charge in [0.1, 0.15) is 47.7 Å². The van der Waals surface area contributed by atoms with E-state index in [0.717, 1.165) is 33.6 Å². The van der Waals surface area contributed by atoms with Gasteiger partial charge in [-0.25, -0.2) is 42.1 Å². The lowest BCUT2D eigenvalue weighted by Gasteiger charge is -2.26. The maximum absolute atomic E-state index is 13.6. The minimum absolute atomic E-state index is 0.0307. The Hall–Kier alpha value is -10.2. The summed E-state index contributed by atoms with van der Waals surface area (Å²) in [7, 11) is -6.07. The van der Waals surface area contributed by atoms with Crippen molar-refractivity contribution in [2.45, 2.75) is 119 Å². The lowest BCUT2D eigenvalue weighted by Crippen LogP contribution is -2.57. The molecule has 9 amide bonds. The van der Waals surface area contributed by atoms with Crippen LogP contribution in [0.1, 0.15) is 71.8 Å². The van der Waals surface area contributed by atoms with E-state index in [1.165, 1.54) is 89.1 Å². The molecule has 18 N–H and O–H groups in total. The molecular weight excluding hydrogens is 1990 g/mol. The molecule has 51 nitrogen and oxygen atoms in total. The number of thioether (sulfide) groups is 1. The fourth-order valence-corrected chi connectivity index (χ4v) is 16.4. The molecule has 0 bridgehead atoms. The predicted octanol–water partition coefficient (Wildman–Crippen LogP) is -1.08. The third-order valence-corrected chi connectivity index (χ3v) is 24.7. The van der Waals surface area contributed by atoms with Crippen LogP contribution in [0.4, 0.5) is 16.2 Å². The van der Waals surface area contributed by atoms with Crippen molar-refractivity contribution < 1.29 is 176 Å². The molecule has 3 aromatic rings. The molecule has 7 atom stereocenters. The molecular formula is C87H134N14O37S5. The van der Waals surface area contributed by atoms with Crippen LogP contribution in [0.3, 0.4) is 0 Å². The van der Waals surface area contributed by atoms with Crippen molar-refractivity contribution in [3.05, 3.63) is 78.4 Å². The number of primary sulfonamides is 2. The quantitative estimate of drug-likeness (QED) is 0.0138. The number of ether oxygens (including phenoxy) is 14. The summed E-state index contributed by atoms with van der Waals surface area (Å²) in [6.45, 7) is 11.1. The van der Waals surface area contributed by atoms with Gasteiger partial charge >= 0.3 is 35.9 Å². The number of nitrogens with one attached hydrogen (secondary N) is 9. The van der Waals surface area contributed by atoms with Gasteiger partial charge in [-0.15, -0.1) is 11.8 Å². The Balaban J connectivity index is 0.939. The number of aromatic hydroxyl groups is 1. The maximum atomic E-state index is 13.6. The highest BCUT2D eigenvalue weighted by Crippen LogP contribution is 2.27. The minimum Gasteiger partial charge on any atom is -0.508 e. The molecule has 4 rings (SSSR count). The molecule has 0 spiro atoms. The van der Waals surface area contributed by atoms with Crippen LogP contribution in [0.25, 0.3) is 0 Å². The first-order valence-electron chi connectivity index (χ1n) is 45.4. The number of nitrogens with two attached hydrogens (primary N) is 2. The van der Waals surface area contributed by atoms with E-state index in [2.05, 4.69) is 53.1 Å². The van der Waals surface area contributed by atoms with Crippen molar-refractivity contribution in [3.63, 3.8) is 0 Å². The first-order chi connectivity index (χ1) is 68.2. The average Bonchev–Trinajstić information content (AvgIpc) is 1.82. The number of carbonyl (C=O) groups is 14. The minimum atomic E-state index is -4.00. The molecule has 1 unspecified atom stereocenters. The number of carboxylic acid groups (broad SMARTS) is 4. The summed E-state index contributed by atoms with van der Waals surface area (Å²) in [5.74, 6) is -13.0. The van der Waals surface area contributed by atoms with E-state index in [0.29, 0.717) is 116 Å². The van der Waals surface area contributed by atoms with Crippen LogP contribution < -0.4 is 58.3 Å². The third-order valence-electron chi connectivity index (χ3n) is 19.3. The number of phenols is 1. The van der Waals surface area contributed by atoms with Gasteiger partial charge in [-0.05, 0) is 97.8 Å². The highest BCUT2D eigenvalue weighted by molar-refractivity contribution is 8.76. The van der Waals surface area contributed by atoms with Gasteiger partial charge in [0, 0.05) is 73.6 Å². The van der Waals surface area contributed by atoms with E-state index in [1.807, 2.05) is 13.8 Å². The first-order valence-corrected chi connectivity index (χ1v) is 52.0. The van der Waals surface area contributed by atoms with E-state index in [9.17, 15) is 109 Å². The molecule has 0 aromatic heterocycles. The van der Waals surface area contributed by atoms with Crippen molar-refractivity contribution in [1.82, 2.24) is 47.2 Å². The summed E-state index contributed by atoms with van der Waals surface area (Å²) >= 11 is 1.33. The average molecular weight is 2130 g/mol. The highest BCUT2D eigenvalue weighted by atomic mass is 33.1.